The van der Waals surface area contributed by atoms with Crippen LogP contribution in [0.3, 0.4) is 0 Å². The first-order valence-electron chi connectivity index (χ1n) is 7.14. The molecule has 1 aromatic rings. The van der Waals surface area contributed by atoms with Crippen LogP contribution in [0.15, 0.2) is 24.3 Å². The number of rotatable bonds is 7. The molecule has 1 aliphatic heterocycles. The van der Waals surface area contributed by atoms with Crippen molar-refractivity contribution in [2.24, 2.45) is 0 Å². The summed E-state index contributed by atoms with van der Waals surface area (Å²) in [6.45, 7) is 5.28. The van der Waals surface area contributed by atoms with Crippen LogP contribution < -0.4 is 14.8 Å². The third kappa shape index (κ3) is 4.34. The molecule has 6 nitrogen and oxygen atoms in total. The van der Waals surface area contributed by atoms with Crippen molar-refractivity contribution >= 4 is 5.91 Å². The van der Waals surface area contributed by atoms with Gasteiger partial charge in [0.15, 0.2) is 17.8 Å². The van der Waals surface area contributed by atoms with Crippen LogP contribution in [0.2, 0.25) is 0 Å². The van der Waals surface area contributed by atoms with Crippen LogP contribution in [0.1, 0.15) is 13.8 Å². The number of carbonyl (C=O) groups excluding carboxylic acids is 1. The van der Waals surface area contributed by atoms with Crippen LogP contribution in [-0.2, 0) is 14.3 Å². The first-order chi connectivity index (χ1) is 10.2. The zero-order valence-corrected chi connectivity index (χ0v) is 12.3. The normalized spacial score (nSPS) is 16.8. The van der Waals surface area contributed by atoms with Crippen molar-refractivity contribution in [2.75, 3.05) is 26.4 Å². The number of hydrogen-bond donors (Lipinski definition) is 1. The fraction of sp³-hybridized carbons (Fsp3) is 0.533. The Balaban J connectivity index is 1.84. The van der Waals surface area contributed by atoms with Crippen LogP contribution >= 0.6 is 0 Å². The summed E-state index contributed by atoms with van der Waals surface area (Å²) in [5.74, 6) is 0.993. The molecule has 6 heteroatoms. The summed E-state index contributed by atoms with van der Waals surface area (Å²) in [5, 5.41) is 2.76. The lowest BCUT2D eigenvalue weighted by atomic mass is 10.2. The van der Waals surface area contributed by atoms with Crippen LogP contribution in [0.5, 0.6) is 11.5 Å². The molecule has 0 fully saturated rings. The molecule has 1 aromatic carbocycles. The Hall–Kier alpha value is -1.79. The van der Waals surface area contributed by atoms with E-state index in [9.17, 15) is 4.79 Å². The van der Waals surface area contributed by atoms with E-state index < -0.39 is 12.4 Å². The molecule has 0 saturated heterocycles. The van der Waals surface area contributed by atoms with Crippen molar-refractivity contribution in [3.63, 3.8) is 0 Å². The molecule has 0 aliphatic carbocycles. The zero-order valence-electron chi connectivity index (χ0n) is 12.3. The number of hydrogen-bond acceptors (Lipinski definition) is 5. The molecule has 0 saturated carbocycles. The van der Waals surface area contributed by atoms with E-state index >= 15 is 0 Å². The van der Waals surface area contributed by atoms with Crippen LogP contribution in [0.25, 0.3) is 0 Å². The average Bonchev–Trinajstić information content (AvgIpc) is 2.52. The van der Waals surface area contributed by atoms with Gasteiger partial charge >= 0.3 is 0 Å². The second-order valence-corrected chi connectivity index (χ2v) is 4.45. The van der Waals surface area contributed by atoms with Gasteiger partial charge in [-0.2, -0.15) is 0 Å². The van der Waals surface area contributed by atoms with Crippen LogP contribution in [0, 0.1) is 0 Å². The molecule has 1 heterocycles. The summed E-state index contributed by atoms with van der Waals surface area (Å²) in [6.07, 6.45) is -1.11. The van der Waals surface area contributed by atoms with Gasteiger partial charge < -0.3 is 24.3 Å². The van der Waals surface area contributed by atoms with Gasteiger partial charge in [0, 0.05) is 13.2 Å². The molecule has 1 aliphatic rings. The second kappa shape index (κ2) is 7.85. The van der Waals surface area contributed by atoms with Gasteiger partial charge in [0.2, 0.25) is 6.10 Å². The Morgan fingerprint density at radius 2 is 1.95 bits per heavy atom. The summed E-state index contributed by atoms with van der Waals surface area (Å²) >= 11 is 0. The lowest BCUT2D eigenvalue weighted by molar-refractivity contribution is -0.144. The highest BCUT2D eigenvalue weighted by molar-refractivity contribution is 5.81. The zero-order chi connectivity index (χ0) is 15.1. The van der Waals surface area contributed by atoms with Gasteiger partial charge in [0.05, 0.1) is 6.54 Å². The maximum Gasteiger partial charge on any atom is 0.264 e. The Morgan fingerprint density at radius 1 is 1.29 bits per heavy atom. The molecular weight excluding hydrogens is 274 g/mol. The molecule has 116 valence electrons. The molecule has 1 N–H and O–H groups in total. The molecule has 0 spiro atoms. The summed E-state index contributed by atoms with van der Waals surface area (Å²) in [6, 6.07) is 7.28. The largest absolute Gasteiger partial charge is 0.485 e. The standard InChI is InChI=1S/C15H21NO5/c1-3-18-14(19-4-2)9-16-15(17)13-10-20-11-7-5-6-8-12(11)21-13/h5-8,13-14H,3-4,9-10H2,1-2H3,(H,16,17)/t13-/m1/s1. The van der Waals surface area contributed by atoms with Crippen LogP contribution in [0.4, 0.5) is 0 Å². The highest BCUT2D eigenvalue weighted by Gasteiger charge is 2.27. The average molecular weight is 295 g/mol. The van der Waals surface area contributed by atoms with Crippen molar-refractivity contribution in [2.45, 2.75) is 26.2 Å². The first-order valence-corrected chi connectivity index (χ1v) is 7.14. The van der Waals surface area contributed by atoms with E-state index in [4.69, 9.17) is 18.9 Å². The van der Waals surface area contributed by atoms with Crippen LogP contribution in [-0.4, -0.2) is 44.7 Å². The SMILES string of the molecule is CCOC(CNC(=O)[C@H]1COc2ccccc2O1)OCC. The number of benzene rings is 1. The van der Waals surface area contributed by atoms with Gasteiger partial charge in [-0.1, -0.05) is 12.1 Å². The van der Waals surface area contributed by atoms with Gasteiger partial charge in [0.1, 0.15) is 6.61 Å². The predicted molar refractivity (Wildman–Crippen MR) is 76.4 cm³/mol. The molecule has 0 bridgehead atoms. The summed E-state index contributed by atoms with van der Waals surface area (Å²) in [7, 11) is 0. The third-order valence-electron chi connectivity index (χ3n) is 2.95. The Kier molecular flexibility index (Phi) is 5.83. The highest BCUT2D eigenvalue weighted by Crippen LogP contribution is 2.30. The summed E-state index contributed by atoms with van der Waals surface area (Å²) < 4.78 is 21.9. The lowest BCUT2D eigenvalue weighted by Crippen LogP contribution is -2.46. The lowest BCUT2D eigenvalue weighted by Gasteiger charge is -2.26. The van der Waals surface area contributed by atoms with Crippen molar-refractivity contribution in [3.05, 3.63) is 24.3 Å². The molecule has 1 amide bonds. The van der Waals surface area contributed by atoms with Crippen molar-refractivity contribution in [3.8, 4) is 11.5 Å². The molecule has 21 heavy (non-hydrogen) atoms. The Labute approximate surface area is 124 Å². The Bertz CT molecular complexity index is 459. The van der Waals surface area contributed by atoms with Gasteiger partial charge in [-0.15, -0.1) is 0 Å². The van der Waals surface area contributed by atoms with Gasteiger partial charge in [-0.25, -0.2) is 0 Å². The van der Waals surface area contributed by atoms with E-state index in [0.29, 0.717) is 24.7 Å². The topological polar surface area (TPSA) is 66.0 Å². The van der Waals surface area contributed by atoms with Gasteiger partial charge in [0.25, 0.3) is 5.91 Å². The van der Waals surface area contributed by atoms with Crippen molar-refractivity contribution < 1.29 is 23.7 Å². The monoisotopic (exact) mass is 295 g/mol. The van der Waals surface area contributed by atoms with E-state index in [1.807, 2.05) is 32.0 Å². The van der Waals surface area contributed by atoms with Crippen molar-refractivity contribution in [1.29, 1.82) is 0 Å². The number of fused-ring (bicyclic) bond motifs is 1. The van der Waals surface area contributed by atoms with Gasteiger partial charge in [-0.05, 0) is 26.0 Å². The fourth-order valence-corrected chi connectivity index (χ4v) is 1.98. The number of ether oxygens (including phenoxy) is 4. The third-order valence-corrected chi connectivity index (χ3v) is 2.95. The van der Waals surface area contributed by atoms with E-state index in [0.717, 1.165) is 0 Å². The number of para-hydroxylation sites is 2. The molecule has 0 unspecified atom stereocenters. The number of amides is 1. The molecule has 2 rings (SSSR count). The summed E-state index contributed by atoms with van der Waals surface area (Å²) in [4.78, 5) is 12.1. The fourth-order valence-electron chi connectivity index (χ4n) is 1.98. The second-order valence-electron chi connectivity index (χ2n) is 4.45. The Morgan fingerprint density at radius 3 is 2.62 bits per heavy atom. The smallest absolute Gasteiger partial charge is 0.264 e. The minimum absolute atomic E-state index is 0.191. The quantitative estimate of drug-likeness (QED) is 0.769. The number of carbonyl (C=O) groups is 1. The van der Waals surface area contributed by atoms with Gasteiger partial charge in [-0.3, -0.25) is 4.79 Å². The maximum absolute atomic E-state index is 12.1. The molecular formula is C15H21NO5. The van der Waals surface area contributed by atoms with E-state index in [1.165, 1.54) is 0 Å². The van der Waals surface area contributed by atoms with Crippen molar-refractivity contribution in [1.82, 2.24) is 5.32 Å². The molecule has 0 aromatic heterocycles. The maximum atomic E-state index is 12.1. The number of nitrogens with one attached hydrogen (secondary N) is 1. The van der Waals surface area contributed by atoms with E-state index in [2.05, 4.69) is 5.32 Å². The minimum Gasteiger partial charge on any atom is -0.485 e. The highest BCUT2D eigenvalue weighted by atomic mass is 16.7. The summed E-state index contributed by atoms with van der Waals surface area (Å²) in [5.41, 5.74) is 0. The molecule has 1 atom stereocenters. The predicted octanol–water partition coefficient (Wildman–Crippen LogP) is 1.34. The minimum atomic E-state index is -0.663. The van der Waals surface area contributed by atoms with E-state index in [1.54, 1.807) is 6.07 Å². The first kappa shape index (κ1) is 15.6. The van der Waals surface area contributed by atoms with E-state index in [-0.39, 0.29) is 19.1 Å². The molecule has 0 radical (unpaired) electrons.